The van der Waals surface area contributed by atoms with E-state index in [1.54, 1.807) is 0 Å². The maximum atomic E-state index is 12.1. The summed E-state index contributed by atoms with van der Waals surface area (Å²) in [5.74, 6) is -0.195. The largest absolute Gasteiger partial charge is 0.349 e. The van der Waals surface area contributed by atoms with Gasteiger partial charge in [-0.15, -0.1) is 0 Å². The van der Waals surface area contributed by atoms with Gasteiger partial charge in [-0.2, -0.15) is 0 Å². The van der Waals surface area contributed by atoms with Crippen LogP contribution in [-0.2, 0) is 11.2 Å². The third kappa shape index (κ3) is 4.41. The Labute approximate surface area is 128 Å². The fourth-order valence-electron chi connectivity index (χ4n) is 2.07. The lowest BCUT2D eigenvalue weighted by Crippen LogP contribution is -2.53. The minimum atomic E-state index is -0.524. The van der Waals surface area contributed by atoms with E-state index in [0.29, 0.717) is 12.1 Å². The lowest BCUT2D eigenvalue weighted by Gasteiger charge is -2.31. The van der Waals surface area contributed by atoms with Crippen molar-refractivity contribution < 1.29 is 9.72 Å². The van der Waals surface area contributed by atoms with Crippen molar-refractivity contribution in [3.05, 3.63) is 38.9 Å². The predicted octanol–water partition coefficient (Wildman–Crippen LogP) is 2.42. The Morgan fingerprint density at radius 2 is 2.05 bits per heavy atom. The average molecular weight is 314 g/mol. The summed E-state index contributed by atoms with van der Waals surface area (Å²) in [5.41, 5.74) is 5.78. The van der Waals surface area contributed by atoms with Crippen LogP contribution >= 0.6 is 11.6 Å². The van der Waals surface area contributed by atoms with Crippen molar-refractivity contribution in [2.75, 3.05) is 6.54 Å². The summed E-state index contributed by atoms with van der Waals surface area (Å²) in [6, 6.07) is 4.09. The second kappa shape index (κ2) is 7.38. The van der Waals surface area contributed by atoms with E-state index in [2.05, 4.69) is 5.32 Å². The maximum Gasteiger partial charge on any atom is 0.270 e. The minimum absolute atomic E-state index is 0.0680. The Morgan fingerprint density at radius 1 is 1.43 bits per heavy atom. The molecule has 116 valence electrons. The molecule has 0 aliphatic carbocycles. The molecule has 0 unspecified atom stereocenters. The lowest BCUT2D eigenvalue weighted by molar-refractivity contribution is -0.384. The molecule has 0 bridgehead atoms. The van der Waals surface area contributed by atoms with Crippen molar-refractivity contribution in [2.24, 2.45) is 5.73 Å². The number of benzene rings is 1. The number of nitrogens with zero attached hydrogens (tertiary/aromatic N) is 1. The number of hydrogen-bond acceptors (Lipinski definition) is 4. The van der Waals surface area contributed by atoms with E-state index in [9.17, 15) is 14.9 Å². The first-order valence-corrected chi connectivity index (χ1v) is 7.19. The van der Waals surface area contributed by atoms with Gasteiger partial charge in [0.05, 0.1) is 21.9 Å². The van der Waals surface area contributed by atoms with Crippen molar-refractivity contribution in [3.8, 4) is 0 Å². The standard InChI is InChI=1S/C14H20ClN3O3/c1-3-14(4-2,9-16)17-13(19)7-10-5-6-11(18(20)21)8-12(10)15/h5-6,8H,3-4,7,9,16H2,1-2H3,(H,17,19). The molecule has 0 saturated carbocycles. The monoisotopic (exact) mass is 313 g/mol. The van der Waals surface area contributed by atoms with E-state index in [1.165, 1.54) is 18.2 Å². The molecule has 1 aromatic carbocycles. The second-order valence-electron chi connectivity index (χ2n) is 4.95. The van der Waals surface area contributed by atoms with Gasteiger partial charge in [-0.05, 0) is 18.4 Å². The smallest absolute Gasteiger partial charge is 0.270 e. The Bertz CT molecular complexity index is 522. The number of rotatable bonds is 7. The number of non-ortho nitro benzene ring substituents is 1. The summed E-state index contributed by atoms with van der Waals surface area (Å²) in [5, 5.41) is 13.8. The van der Waals surface area contributed by atoms with Crippen LogP contribution in [0.4, 0.5) is 5.69 Å². The summed E-state index contributed by atoms with van der Waals surface area (Å²) < 4.78 is 0. The van der Waals surface area contributed by atoms with Gasteiger partial charge in [0.25, 0.3) is 5.69 Å². The first-order valence-electron chi connectivity index (χ1n) is 6.81. The van der Waals surface area contributed by atoms with Crippen LogP contribution in [-0.4, -0.2) is 22.9 Å². The SMILES string of the molecule is CCC(CC)(CN)NC(=O)Cc1ccc([N+](=O)[O-])cc1Cl. The van der Waals surface area contributed by atoms with Gasteiger partial charge < -0.3 is 11.1 Å². The van der Waals surface area contributed by atoms with Crippen LogP contribution in [0, 0.1) is 10.1 Å². The van der Waals surface area contributed by atoms with Gasteiger partial charge in [0, 0.05) is 18.7 Å². The van der Waals surface area contributed by atoms with E-state index >= 15 is 0 Å². The zero-order chi connectivity index (χ0) is 16.0. The lowest BCUT2D eigenvalue weighted by atomic mass is 9.92. The third-order valence-corrected chi connectivity index (χ3v) is 4.10. The quantitative estimate of drug-likeness (QED) is 0.596. The molecule has 0 saturated heterocycles. The molecular formula is C14H20ClN3O3. The fourth-order valence-corrected chi connectivity index (χ4v) is 2.31. The highest BCUT2D eigenvalue weighted by Gasteiger charge is 2.26. The fraction of sp³-hybridized carbons (Fsp3) is 0.500. The second-order valence-corrected chi connectivity index (χ2v) is 5.36. The highest BCUT2D eigenvalue weighted by Crippen LogP contribution is 2.23. The minimum Gasteiger partial charge on any atom is -0.349 e. The molecule has 0 spiro atoms. The van der Waals surface area contributed by atoms with E-state index in [-0.39, 0.29) is 23.0 Å². The maximum absolute atomic E-state index is 12.1. The van der Waals surface area contributed by atoms with Crippen molar-refractivity contribution in [1.29, 1.82) is 0 Å². The molecule has 6 nitrogen and oxygen atoms in total. The van der Waals surface area contributed by atoms with Crippen molar-refractivity contribution in [2.45, 2.75) is 38.6 Å². The number of nitro benzene ring substituents is 1. The van der Waals surface area contributed by atoms with Crippen LogP contribution in [0.3, 0.4) is 0 Å². The Balaban J connectivity index is 2.82. The average Bonchev–Trinajstić information content (AvgIpc) is 2.47. The number of halogens is 1. The molecule has 0 atom stereocenters. The first kappa shape index (κ1) is 17.4. The van der Waals surface area contributed by atoms with E-state index in [0.717, 1.165) is 12.8 Å². The Morgan fingerprint density at radius 3 is 2.48 bits per heavy atom. The number of hydrogen-bond donors (Lipinski definition) is 2. The van der Waals surface area contributed by atoms with Gasteiger partial charge in [-0.3, -0.25) is 14.9 Å². The number of nitro groups is 1. The molecule has 1 amide bonds. The molecule has 0 radical (unpaired) electrons. The van der Waals surface area contributed by atoms with Crippen molar-refractivity contribution in [3.63, 3.8) is 0 Å². The Hall–Kier alpha value is -1.66. The highest BCUT2D eigenvalue weighted by molar-refractivity contribution is 6.31. The zero-order valence-corrected chi connectivity index (χ0v) is 12.9. The topological polar surface area (TPSA) is 98.3 Å². The summed E-state index contributed by atoms with van der Waals surface area (Å²) in [4.78, 5) is 22.2. The number of amides is 1. The van der Waals surface area contributed by atoms with Crippen LogP contribution in [0.5, 0.6) is 0 Å². The molecule has 0 aliphatic heterocycles. The first-order chi connectivity index (χ1) is 9.87. The van der Waals surface area contributed by atoms with Crippen LogP contribution in [0.15, 0.2) is 18.2 Å². The highest BCUT2D eigenvalue weighted by atomic mass is 35.5. The summed E-state index contributed by atoms with van der Waals surface area (Å²) in [6.07, 6.45) is 1.54. The normalized spacial score (nSPS) is 11.2. The van der Waals surface area contributed by atoms with Crippen molar-refractivity contribution in [1.82, 2.24) is 5.32 Å². The number of carbonyl (C=O) groups is 1. The van der Waals surface area contributed by atoms with E-state index in [4.69, 9.17) is 17.3 Å². The summed E-state index contributed by atoms with van der Waals surface area (Å²) in [6.45, 7) is 4.30. The molecule has 0 aromatic heterocycles. The van der Waals surface area contributed by atoms with Crippen LogP contribution in [0.1, 0.15) is 32.3 Å². The van der Waals surface area contributed by atoms with Gasteiger partial charge >= 0.3 is 0 Å². The zero-order valence-electron chi connectivity index (χ0n) is 12.2. The molecule has 1 rings (SSSR count). The van der Waals surface area contributed by atoms with Crippen molar-refractivity contribution >= 4 is 23.2 Å². The number of nitrogens with two attached hydrogens (primary N) is 1. The van der Waals surface area contributed by atoms with E-state index < -0.39 is 10.5 Å². The van der Waals surface area contributed by atoms with Gasteiger partial charge in [0.1, 0.15) is 0 Å². The molecule has 0 heterocycles. The van der Waals surface area contributed by atoms with Gasteiger partial charge in [0.2, 0.25) is 5.91 Å². The molecule has 21 heavy (non-hydrogen) atoms. The molecule has 1 aromatic rings. The van der Waals surface area contributed by atoms with Gasteiger partial charge in [-0.1, -0.05) is 31.5 Å². The molecule has 0 fully saturated rings. The Kier molecular flexibility index (Phi) is 6.11. The number of nitrogens with one attached hydrogen (secondary N) is 1. The summed E-state index contributed by atoms with van der Waals surface area (Å²) >= 11 is 5.98. The molecule has 0 aliphatic rings. The summed E-state index contributed by atoms with van der Waals surface area (Å²) in [7, 11) is 0. The van der Waals surface area contributed by atoms with Gasteiger partial charge in [0.15, 0.2) is 0 Å². The van der Waals surface area contributed by atoms with Crippen LogP contribution in [0.2, 0.25) is 5.02 Å². The predicted molar refractivity (Wildman–Crippen MR) is 82.3 cm³/mol. The van der Waals surface area contributed by atoms with E-state index in [1.807, 2.05) is 13.8 Å². The van der Waals surface area contributed by atoms with Crippen LogP contribution in [0.25, 0.3) is 0 Å². The van der Waals surface area contributed by atoms with Gasteiger partial charge in [-0.25, -0.2) is 0 Å². The molecule has 3 N–H and O–H groups in total. The third-order valence-electron chi connectivity index (χ3n) is 3.75. The molecule has 7 heteroatoms. The van der Waals surface area contributed by atoms with Crippen LogP contribution < -0.4 is 11.1 Å². The number of carbonyl (C=O) groups excluding carboxylic acids is 1. The molecular weight excluding hydrogens is 294 g/mol.